The van der Waals surface area contributed by atoms with Crippen molar-refractivity contribution in [3.8, 4) is 0 Å². The van der Waals surface area contributed by atoms with Crippen LogP contribution in [0.3, 0.4) is 0 Å². The highest BCUT2D eigenvalue weighted by molar-refractivity contribution is 7.92. The van der Waals surface area contributed by atoms with Gasteiger partial charge in [0.1, 0.15) is 0 Å². The maximum absolute atomic E-state index is 12.9. The molecule has 0 aromatic heterocycles. The number of aryl methyl sites for hydroxylation is 2. The van der Waals surface area contributed by atoms with Gasteiger partial charge in [-0.2, -0.15) is 0 Å². The molecule has 0 fully saturated rings. The predicted octanol–water partition coefficient (Wildman–Crippen LogP) is 3.02. The van der Waals surface area contributed by atoms with Crippen molar-refractivity contribution in [2.45, 2.75) is 25.7 Å². The van der Waals surface area contributed by atoms with Gasteiger partial charge in [0.2, 0.25) is 0 Å². The second kappa shape index (κ2) is 5.41. The number of nitrogens with zero attached hydrogens (tertiary/aromatic N) is 1. The third-order valence-corrected chi connectivity index (χ3v) is 5.63. The van der Waals surface area contributed by atoms with Crippen molar-refractivity contribution in [2.24, 2.45) is 0 Å². The lowest BCUT2D eigenvalue weighted by molar-refractivity contribution is 0.593. The average molecular weight is 304 g/mol. The number of anilines is 2. The van der Waals surface area contributed by atoms with Gasteiger partial charge in [-0.1, -0.05) is 18.2 Å². The molecule has 4 nitrogen and oxygen atoms in total. The van der Waals surface area contributed by atoms with Crippen molar-refractivity contribution in [1.29, 1.82) is 0 Å². The Kier molecular flexibility index (Phi) is 3.96. The predicted molar refractivity (Wildman–Crippen MR) is 87.1 cm³/mol. The molecule has 0 aliphatic heterocycles. The first-order valence-corrected chi connectivity index (χ1v) is 8.10. The summed E-state index contributed by atoms with van der Waals surface area (Å²) in [6.07, 6.45) is 0. The molecule has 2 aromatic carbocycles. The quantitative estimate of drug-likeness (QED) is 0.887. The Balaban J connectivity index is 2.60. The van der Waals surface area contributed by atoms with Gasteiger partial charge in [-0.3, -0.25) is 4.31 Å². The third kappa shape index (κ3) is 2.74. The van der Waals surface area contributed by atoms with E-state index in [0.717, 1.165) is 16.7 Å². The number of hydrogen-bond acceptors (Lipinski definition) is 3. The first-order valence-electron chi connectivity index (χ1n) is 6.66. The average Bonchev–Trinajstić information content (AvgIpc) is 2.42. The van der Waals surface area contributed by atoms with Crippen LogP contribution in [0.15, 0.2) is 41.3 Å². The normalized spacial score (nSPS) is 11.4. The van der Waals surface area contributed by atoms with Gasteiger partial charge in [0, 0.05) is 12.7 Å². The van der Waals surface area contributed by atoms with Gasteiger partial charge in [0.25, 0.3) is 10.0 Å². The third-order valence-electron chi connectivity index (χ3n) is 3.74. The smallest absolute Gasteiger partial charge is 0.264 e. The molecule has 0 saturated carbocycles. The molecule has 0 radical (unpaired) electrons. The summed E-state index contributed by atoms with van der Waals surface area (Å²) in [5.74, 6) is 0. The van der Waals surface area contributed by atoms with E-state index in [-0.39, 0.29) is 4.90 Å². The number of sulfonamides is 1. The number of para-hydroxylation sites is 1. The van der Waals surface area contributed by atoms with Gasteiger partial charge in [-0.05, 0) is 55.7 Å². The lowest BCUT2D eigenvalue weighted by atomic mass is 10.1. The lowest BCUT2D eigenvalue weighted by Gasteiger charge is -2.23. The molecule has 0 atom stereocenters. The van der Waals surface area contributed by atoms with Gasteiger partial charge < -0.3 is 5.73 Å². The summed E-state index contributed by atoms with van der Waals surface area (Å²) < 4.78 is 27.1. The first-order chi connectivity index (χ1) is 9.75. The minimum absolute atomic E-state index is 0.255. The largest absolute Gasteiger partial charge is 0.399 e. The fraction of sp³-hybridized carbons (Fsp3) is 0.250. The van der Waals surface area contributed by atoms with Gasteiger partial charge in [-0.25, -0.2) is 8.42 Å². The zero-order chi connectivity index (χ0) is 15.8. The Hall–Kier alpha value is -2.01. The van der Waals surface area contributed by atoms with Crippen molar-refractivity contribution in [3.05, 3.63) is 53.1 Å². The van der Waals surface area contributed by atoms with Crippen LogP contribution in [0.25, 0.3) is 0 Å². The molecule has 112 valence electrons. The minimum atomic E-state index is -3.64. The van der Waals surface area contributed by atoms with Crippen molar-refractivity contribution in [1.82, 2.24) is 0 Å². The van der Waals surface area contributed by atoms with Crippen molar-refractivity contribution in [3.63, 3.8) is 0 Å². The van der Waals surface area contributed by atoms with Gasteiger partial charge >= 0.3 is 0 Å². The first kappa shape index (κ1) is 15.4. The van der Waals surface area contributed by atoms with E-state index in [9.17, 15) is 8.42 Å². The van der Waals surface area contributed by atoms with E-state index in [1.807, 2.05) is 32.0 Å². The molecule has 0 aliphatic carbocycles. The highest BCUT2D eigenvalue weighted by atomic mass is 32.2. The van der Waals surface area contributed by atoms with Gasteiger partial charge in [0.05, 0.1) is 10.6 Å². The molecule has 0 saturated heterocycles. The Morgan fingerprint density at radius 2 is 1.62 bits per heavy atom. The number of rotatable bonds is 3. The highest BCUT2D eigenvalue weighted by Gasteiger charge is 2.25. The van der Waals surface area contributed by atoms with Crippen LogP contribution in [0.1, 0.15) is 16.7 Å². The van der Waals surface area contributed by atoms with Crippen LogP contribution < -0.4 is 10.0 Å². The van der Waals surface area contributed by atoms with E-state index in [1.54, 1.807) is 26.1 Å². The molecular formula is C16H20N2O2S. The SMILES string of the molecule is Cc1ccccc1N(C)S(=O)(=O)c1cc(N)cc(C)c1C. The van der Waals surface area contributed by atoms with E-state index in [4.69, 9.17) is 5.73 Å². The molecule has 2 rings (SSSR count). The summed E-state index contributed by atoms with van der Waals surface area (Å²) >= 11 is 0. The number of nitrogens with two attached hydrogens (primary N) is 1. The second-order valence-electron chi connectivity index (χ2n) is 5.22. The Bertz CT molecular complexity index is 783. The van der Waals surface area contributed by atoms with Gasteiger partial charge in [0.15, 0.2) is 0 Å². The minimum Gasteiger partial charge on any atom is -0.399 e. The van der Waals surface area contributed by atoms with Crippen LogP contribution in [0.4, 0.5) is 11.4 Å². The van der Waals surface area contributed by atoms with Crippen LogP contribution in [0.2, 0.25) is 0 Å². The van der Waals surface area contributed by atoms with E-state index in [0.29, 0.717) is 11.4 Å². The van der Waals surface area contributed by atoms with E-state index >= 15 is 0 Å². The molecule has 21 heavy (non-hydrogen) atoms. The summed E-state index contributed by atoms with van der Waals surface area (Å²) in [4.78, 5) is 0.255. The zero-order valence-electron chi connectivity index (χ0n) is 12.7. The Morgan fingerprint density at radius 3 is 2.24 bits per heavy atom. The van der Waals surface area contributed by atoms with Crippen LogP contribution in [0, 0.1) is 20.8 Å². The van der Waals surface area contributed by atoms with E-state index in [2.05, 4.69) is 0 Å². The molecule has 5 heteroatoms. The topological polar surface area (TPSA) is 63.4 Å². The summed E-state index contributed by atoms with van der Waals surface area (Å²) in [7, 11) is -2.07. The van der Waals surface area contributed by atoms with Crippen molar-refractivity contribution < 1.29 is 8.42 Å². The fourth-order valence-electron chi connectivity index (χ4n) is 2.32. The molecular weight excluding hydrogens is 284 g/mol. The molecule has 2 N–H and O–H groups in total. The Labute approximate surface area is 126 Å². The summed E-state index contributed by atoms with van der Waals surface area (Å²) in [5, 5.41) is 0. The van der Waals surface area contributed by atoms with E-state index < -0.39 is 10.0 Å². The number of hydrogen-bond donors (Lipinski definition) is 1. The number of nitrogen functional groups attached to an aromatic ring is 1. The van der Waals surface area contributed by atoms with Crippen LogP contribution in [-0.2, 0) is 10.0 Å². The van der Waals surface area contributed by atoms with Crippen LogP contribution in [-0.4, -0.2) is 15.5 Å². The Morgan fingerprint density at radius 1 is 1.00 bits per heavy atom. The monoisotopic (exact) mass is 304 g/mol. The molecule has 0 amide bonds. The summed E-state index contributed by atoms with van der Waals surface area (Å²) in [6, 6.07) is 10.7. The zero-order valence-corrected chi connectivity index (χ0v) is 13.5. The summed E-state index contributed by atoms with van der Waals surface area (Å²) in [6.45, 7) is 5.55. The van der Waals surface area contributed by atoms with Crippen molar-refractivity contribution in [2.75, 3.05) is 17.1 Å². The molecule has 0 heterocycles. The van der Waals surface area contributed by atoms with Crippen LogP contribution in [0.5, 0.6) is 0 Å². The highest BCUT2D eigenvalue weighted by Crippen LogP contribution is 2.29. The fourth-order valence-corrected chi connectivity index (χ4v) is 3.91. The lowest BCUT2D eigenvalue weighted by Crippen LogP contribution is -2.28. The maximum Gasteiger partial charge on any atom is 0.264 e. The molecule has 2 aromatic rings. The molecule has 0 unspecified atom stereocenters. The van der Waals surface area contributed by atoms with Crippen molar-refractivity contribution >= 4 is 21.4 Å². The van der Waals surface area contributed by atoms with E-state index in [1.165, 1.54) is 10.4 Å². The van der Waals surface area contributed by atoms with Gasteiger partial charge in [-0.15, -0.1) is 0 Å². The molecule has 0 spiro atoms. The molecule has 0 aliphatic rings. The van der Waals surface area contributed by atoms with Crippen LogP contribution >= 0.6 is 0 Å². The molecule has 0 bridgehead atoms. The maximum atomic E-state index is 12.9. The summed E-state index contributed by atoms with van der Waals surface area (Å²) in [5.41, 5.74) is 9.43. The number of benzene rings is 2. The second-order valence-corrected chi connectivity index (χ2v) is 7.16. The standard InChI is InChI=1S/C16H20N2O2S/c1-11-7-5-6-8-15(11)18(4)21(19,20)16-10-14(17)9-12(2)13(16)3/h5-10H,17H2,1-4H3.